The van der Waals surface area contributed by atoms with Gasteiger partial charge >= 0.3 is 12.1 Å². The van der Waals surface area contributed by atoms with E-state index in [1.165, 1.54) is 4.90 Å². The van der Waals surface area contributed by atoms with Crippen molar-refractivity contribution in [1.29, 1.82) is 0 Å². The highest BCUT2D eigenvalue weighted by Gasteiger charge is 2.26. The molecule has 0 aromatic heterocycles. The molecular weight excluding hydrogens is 431 g/mol. The smallest absolute Gasteiger partial charge is 0.389 e. The van der Waals surface area contributed by atoms with Gasteiger partial charge in [-0.3, -0.25) is 9.59 Å². The summed E-state index contributed by atoms with van der Waals surface area (Å²) in [5, 5.41) is 9.23. The van der Waals surface area contributed by atoms with Crippen LogP contribution in [-0.4, -0.2) is 23.2 Å². The van der Waals surface area contributed by atoms with Gasteiger partial charge in [0.1, 0.15) is 6.42 Å². The molecule has 33 heavy (non-hydrogen) atoms. The summed E-state index contributed by atoms with van der Waals surface area (Å²) in [4.78, 5) is 25.7. The van der Waals surface area contributed by atoms with Crippen LogP contribution in [0.25, 0.3) is 11.1 Å². The van der Waals surface area contributed by atoms with Crippen molar-refractivity contribution in [1.82, 2.24) is 0 Å². The van der Waals surface area contributed by atoms with Gasteiger partial charge in [-0.1, -0.05) is 72.8 Å². The molecule has 0 spiro atoms. The van der Waals surface area contributed by atoms with E-state index in [1.807, 2.05) is 60.7 Å². The summed E-state index contributed by atoms with van der Waals surface area (Å²) in [6.45, 7) is 0.138. The van der Waals surface area contributed by atoms with E-state index in [4.69, 9.17) is 0 Å². The maximum absolute atomic E-state index is 13.0. The molecule has 0 saturated carbocycles. The Balaban J connectivity index is 2.04. The maximum Gasteiger partial charge on any atom is 0.389 e. The largest absolute Gasteiger partial charge is 0.481 e. The third-order valence-corrected chi connectivity index (χ3v) is 5.15. The number of nitrogens with zero attached hydrogens (tertiary/aromatic N) is 1. The zero-order valence-corrected chi connectivity index (χ0v) is 17.9. The number of carbonyl (C=O) groups excluding carboxylic acids is 1. The van der Waals surface area contributed by atoms with Crippen LogP contribution in [0.3, 0.4) is 0 Å². The Hall–Kier alpha value is -3.61. The third-order valence-electron chi connectivity index (χ3n) is 5.15. The fraction of sp³-hybridized carbons (Fsp3) is 0.231. The molecule has 3 aromatic carbocycles. The first-order chi connectivity index (χ1) is 15.7. The molecule has 0 aliphatic heterocycles. The second-order valence-electron chi connectivity index (χ2n) is 7.72. The SMILES string of the molecule is O=C(O)CC(=O)N(Cc1ccccc1)c1cc(CCCC(F)(F)F)ccc1-c1ccccc1. The second kappa shape index (κ2) is 10.8. The number of aliphatic carboxylic acids is 1. The molecule has 172 valence electrons. The van der Waals surface area contributed by atoms with Gasteiger partial charge in [-0.2, -0.15) is 13.2 Å². The third kappa shape index (κ3) is 7.20. The Labute approximate surface area is 190 Å². The van der Waals surface area contributed by atoms with Crippen LogP contribution in [0.1, 0.15) is 30.4 Å². The van der Waals surface area contributed by atoms with Crippen LogP contribution < -0.4 is 4.90 Å². The van der Waals surface area contributed by atoms with Crippen molar-refractivity contribution < 1.29 is 27.9 Å². The molecule has 0 atom stereocenters. The zero-order valence-electron chi connectivity index (χ0n) is 17.9. The molecule has 3 aromatic rings. The van der Waals surface area contributed by atoms with E-state index >= 15 is 0 Å². The number of benzene rings is 3. The lowest BCUT2D eigenvalue weighted by Gasteiger charge is -2.26. The number of hydrogen-bond acceptors (Lipinski definition) is 2. The van der Waals surface area contributed by atoms with Crippen LogP contribution in [0.2, 0.25) is 0 Å². The molecule has 3 rings (SSSR count). The highest BCUT2D eigenvalue weighted by molar-refractivity contribution is 6.05. The van der Waals surface area contributed by atoms with Gasteiger partial charge in [0.25, 0.3) is 0 Å². The summed E-state index contributed by atoms with van der Waals surface area (Å²) in [7, 11) is 0. The fourth-order valence-electron chi connectivity index (χ4n) is 3.61. The van der Waals surface area contributed by atoms with Crippen LogP contribution in [0.5, 0.6) is 0 Å². The molecule has 4 nitrogen and oxygen atoms in total. The van der Waals surface area contributed by atoms with Gasteiger partial charge in [-0.25, -0.2) is 0 Å². The van der Waals surface area contributed by atoms with Crippen molar-refractivity contribution in [3.05, 3.63) is 90.0 Å². The fourth-order valence-corrected chi connectivity index (χ4v) is 3.61. The molecule has 1 N–H and O–H groups in total. The number of aryl methyl sites for hydroxylation is 1. The monoisotopic (exact) mass is 455 g/mol. The van der Waals surface area contributed by atoms with Gasteiger partial charge in [-0.15, -0.1) is 0 Å². The molecule has 0 aliphatic rings. The highest BCUT2D eigenvalue weighted by atomic mass is 19.4. The van der Waals surface area contributed by atoms with Crippen molar-refractivity contribution >= 4 is 17.6 Å². The second-order valence-corrected chi connectivity index (χ2v) is 7.72. The summed E-state index contributed by atoms with van der Waals surface area (Å²) in [5.41, 5.74) is 3.44. The summed E-state index contributed by atoms with van der Waals surface area (Å²) < 4.78 is 37.8. The first-order valence-electron chi connectivity index (χ1n) is 10.5. The lowest BCUT2D eigenvalue weighted by molar-refractivity contribution is -0.140. The van der Waals surface area contributed by atoms with Crippen LogP contribution in [0.15, 0.2) is 78.9 Å². The highest BCUT2D eigenvalue weighted by Crippen LogP contribution is 2.34. The van der Waals surface area contributed by atoms with E-state index in [-0.39, 0.29) is 19.4 Å². The molecule has 7 heteroatoms. The minimum atomic E-state index is -4.23. The van der Waals surface area contributed by atoms with Gasteiger partial charge in [0.2, 0.25) is 5.91 Å². The standard InChI is InChI=1S/C26H24F3NO3/c27-26(28,29)15-7-10-19-13-14-22(21-11-5-2-6-12-21)23(16-19)30(24(31)17-25(32)33)18-20-8-3-1-4-9-20/h1-6,8-9,11-14,16H,7,10,15,17-18H2,(H,32,33). The van der Waals surface area contributed by atoms with Crippen molar-refractivity contribution in [2.24, 2.45) is 0 Å². The van der Waals surface area contributed by atoms with Crippen molar-refractivity contribution in [2.75, 3.05) is 4.90 Å². The number of anilines is 1. The molecule has 0 heterocycles. The van der Waals surface area contributed by atoms with Gasteiger partial charge < -0.3 is 10.0 Å². The van der Waals surface area contributed by atoms with Crippen molar-refractivity contribution in [3.63, 3.8) is 0 Å². The first-order valence-corrected chi connectivity index (χ1v) is 10.5. The molecule has 0 bridgehead atoms. The number of rotatable bonds is 9. The molecule has 0 fully saturated rings. The van der Waals surface area contributed by atoms with E-state index in [9.17, 15) is 27.9 Å². The van der Waals surface area contributed by atoms with E-state index in [0.29, 0.717) is 16.8 Å². The maximum atomic E-state index is 13.0. The number of carboxylic acid groups (broad SMARTS) is 1. The summed E-state index contributed by atoms with van der Waals surface area (Å²) >= 11 is 0. The quantitative estimate of drug-likeness (QED) is 0.388. The molecule has 0 aliphatic carbocycles. The lowest BCUT2D eigenvalue weighted by Crippen LogP contribution is -2.32. The average molecular weight is 455 g/mol. The summed E-state index contributed by atoms with van der Waals surface area (Å²) in [6, 6.07) is 23.6. The van der Waals surface area contributed by atoms with Gasteiger partial charge in [0.15, 0.2) is 0 Å². The van der Waals surface area contributed by atoms with E-state index < -0.39 is 30.9 Å². The normalized spacial score (nSPS) is 11.2. The zero-order chi connectivity index (χ0) is 23.8. The molecule has 0 unspecified atom stereocenters. The number of halogens is 3. The number of carboxylic acids is 1. The molecule has 0 saturated heterocycles. The van der Waals surface area contributed by atoms with Crippen molar-refractivity contribution in [2.45, 2.75) is 38.4 Å². The summed E-state index contributed by atoms with van der Waals surface area (Å²) in [6.07, 6.45) is -5.71. The van der Waals surface area contributed by atoms with Crippen LogP contribution in [-0.2, 0) is 22.6 Å². The molecular formula is C26H24F3NO3. The predicted molar refractivity (Wildman–Crippen MR) is 121 cm³/mol. The van der Waals surface area contributed by atoms with E-state index in [2.05, 4.69) is 0 Å². The van der Waals surface area contributed by atoms with Crippen LogP contribution in [0.4, 0.5) is 18.9 Å². The Kier molecular flexibility index (Phi) is 7.87. The van der Waals surface area contributed by atoms with Crippen LogP contribution in [0, 0.1) is 0 Å². The predicted octanol–water partition coefficient (Wildman–Crippen LogP) is 6.25. The first kappa shape index (κ1) is 24.0. The molecule has 0 radical (unpaired) electrons. The molecule has 1 amide bonds. The Morgan fingerprint density at radius 1 is 0.848 bits per heavy atom. The van der Waals surface area contributed by atoms with Crippen LogP contribution >= 0.6 is 0 Å². The summed E-state index contributed by atoms with van der Waals surface area (Å²) in [5.74, 6) is -1.85. The van der Waals surface area contributed by atoms with Crippen molar-refractivity contribution in [3.8, 4) is 11.1 Å². The van der Waals surface area contributed by atoms with Gasteiger partial charge in [0, 0.05) is 12.0 Å². The van der Waals surface area contributed by atoms with Gasteiger partial charge in [-0.05, 0) is 35.6 Å². The van der Waals surface area contributed by atoms with Gasteiger partial charge in [0.05, 0.1) is 12.2 Å². The minimum Gasteiger partial charge on any atom is -0.481 e. The number of hydrogen-bond donors (Lipinski definition) is 1. The number of amides is 1. The Bertz CT molecular complexity index is 1080. The Morgan fingerprint density at radius 3 is 2.09 bits per heavy atom. The topological polar surface area (TPSA) is 57.6 Å². The van der Waals surface area contributed by atoms with E-state index in [1.54, 1.807) is 18.2 Å². The van der Waals surface area contributed by atoms with E-state index in [0.717, 1.165) is 11.1 Å². The number of alkyl halides is 3. The lowest BCUT2D eigenvalue weighted by atomic mass is 9.98. The average Bonchev–Trinajstić information content (AvgIpc) is 2.77. The Morgan fingerprint density at radius 2 is 1.48 bits per heavy atom. The number of carbonyl (C=O) groups is 2. The minimum absolute atomic E-state index is 0.0740.